The van der Waals surface area contributed by atoms with Crippen molar-refractivity contribution in [3.8, 4) is 0 Å². The van der Waals surface area contributed by atoms with Crippen LogP contribution in [-0.4, -0.2) is 30.5 Å². The Labute approximate surface area is 135 Å². The second-order valence-electron chi connectivity index (χ2n) is 5.08. The van der Waals surface area contributed by atoms with Crippen LogP contribution in [0.2, 0.25) is 0 Å². The zero-order valence-electron chi connectivity index (χ0n) is 13.2. The Morgan fingerprint density at radius 1 is 1.22 bits per heavy atom. The van der Waals surface area contributed by atoms with Crippen LogP contribution in [-0.2, 0) is 20.9 Å². The maximum Gasteiger partial charge on any atom is 0.407 e. The molecule has 1 atom stereocenters. The molecule has 0 spiro atoms. The van der Waals surface area contributed by atoms with Gasteiger partial charge in [0.1, 0.15) is 19.2 Å². The van der Waals surface area contributed by atoms with Gasteiger partial charge in [0.05, 0.1) is 0 Å². The number of hydrogen-bond acceptors (Lipinski definition) is 4. The molecule has 0 aromatic heterocycles. The van der Waals surface area contributed by atoms with Gasteiger partial charge in [0.15, 0.2) is 0 Å². The minimum absolute atomic E-state index is 0.120. The number of carbonyl (C=O) groups excluding carboxylic acids is 3. The molecule has 0 aliphatic carbocycles. The Hall–Kier alpha value is -2.57. The predicted octanol–water partition coefficient (Wildman–Crippen LogP) is 1.07. The molecule has 4 N–H and O–H groups in total. The number of amides is 3. The van der Waals surface area contributed by atoms with Gasteiger partial charge in [0.2, 0.25) is 11.8 Å². The van der Waals surface area contributed by atoms with E-state index in [1.54, 1.807) is 0 Å². The summed E-state index contributed by atoms with van der Waals surface area (Å²) in [6.07, 6.45) is 1.45. The summed E-state index contributed by atoms with van der Waals surface area (Å²) in [5, 5.41) is 4.82. The van der Waals surface area contributed by atoms with Gasteiger partial charge in [-0.05, 0) is 12.0 Å². The molecule has 0 fully saturated rings. The molecule has 0 bridgehead atoms. The van der Waals surface area contributed by atoms with Crippen molar-refractivity contribution >= 4 is 17.9 Å². The van der Waals surface area contributed by atoms with Crippen molar-refractivity contribution in [1.82, 2.24) is 10.6 Å². The van der Waals surface area contributed by atoms with Crippen LogP contribution in [0, 0.1) is 0 Å². The Morgan fingerprint density at radius 2 is 1.91 bits per heavy atom. The van der Waals surface area contributed by atoms with Crippen LogP contribution in [0.15, 0.2) is 30.3 Å². The lowest BCUT2D eigenvalue weighted by Gasteiger charge is -2.15. The number of nitrogens with two attached hydrogens (primary N) is 1. The summed E-state index contributed by atoms with van der Waals surface area (Å²) in [6, 6.07) is 8.47. The van der Waals surface area contributed by atoms with E-state index in [0.717, 1.165) is 18.4 Å². The molecule has 0 aliphatic heterocycles. The number of rotatable bonds is 9. The highest BCUT2D eigenvalue weighted by atomic mass is 16.5. The highest BCUT2D eigenvalue weighted by molar-refractivity contribution is 5.88. The topological polar surface area (TPSA) is 111 Å². The van der Waals surface area contributed by atoms with E-state index in [-0.39, 0.29) is 13.2 Å². The van der Waals surface area contributed by atoms with Gasteiger partial charge in [-0.25, -0.2) is 4.79 Å². The van der Waals surface area contributed by atoms with Crippen molar-refractivity contribution < 1.29 is 19.1 Å². The predicted molar refractivity (Wildman–Crippen MR) is 85.3 cm³/mol. The number of ether oxygens (including phenoxy) is 1. The molecular formula is C16H23N3O4. The molecule has 7 heteroatoms. The average Bonchev–Trinajstić information content (AvgIpc) is 2.55. The molecule has 1 aromatic carbocycles. The zero-order chi connectivity index (χ0) is 17.1. The number of unbranched alkanes of at least 4 members (excludes halogenated alkanes) is 1. The third kappa shape index (κ3) is 7.85. The van der Waals surface area contributed by atoms with Crippen molar-refractivity contribution in [2.24, 2.45) is 5.73 Å². The second kappa shape index (κ2) is 10.2. The molecular weight excluding hydrogens is 298 g/mol. The quantitative estimate of drug-likeness (QED) is 0.632. The van der Waals surface area contributed by atoms with Crippen LogP contribution >= 0.6 is 0 Å². The van der Waals surface area contributed by atoms with E-state index in [4.69, 9.17) is 10.5 Å². The average molecular weight is 321 g/mol. The highest BCUT2D eigenvalue weighted by Crippen LogP contribution is 2.01. The Balaban J connectivity index is 2.28. The van der Waals surface area contributed by atoms with Gasteiger partial charge in [-0.3, -0.25) is 9.59 Å². The largest absolute Gasteiger partial charge is 0.445 e. The van der Waals surface area contributed by atoms with E-state index in [1.165, 1.54) is 0 Å². The van der Waals surface area contributed by atoms with E-state index in [0.29, 0.717) is 6.42 Å². The molecule has 23 heavy (non-hydrogen) atoms. The first-order valence-electron chi connectivity index (χ1n) is 7.56. The Bertz CT molecular complexity index is 519. The van der Waals surface area contributed by atoms with Gasteiger partial charge in [-0.1, -0.05) is 50.1 Å². The summed E-state index contributed by atoms with van der Waals surface area (Å²) in [7, 11) is 0. The van der Waals surface area contributed by atoms with Crippen molar-refractivity contribution in [1.29, 1.82) is 0 Å². The van der Waals surface area contributed by atoms with Gasteiger partial charge in [0.25, 0.3) is 0 Å². The lowest BCUT2D eigenvalue weighted by molar-refractivity contribution is -0.127. The fourth-order valence-electron chi connectivity index (χ4n) is 1.87. The van der Waals surface area contributed by atoms with Crippen LogP contribution in [0.1, 0.15) is 31.7 Å². The molecule has 0 unspecified atom stereocenters. The first-order valence-corrected chi connectivity index (χ1v) is 7.56. The fraction of sp³-hybridized carbons (Fsp3) is 0.438. The molecule has 0 aliphatic rings. The minimum atomic E-state index is -0.718. The molecule has 1 aromatic rings. The van der Waals surface area contributed by atoms with E-state index in [1.807, 2.05) is 37.3 Å². The molecule has 0 radical (unpaired) electrons. The molecule has 3 amide bonds. The van der Waals surface area contributed by atoms with E-state index < -0.39 is 23.9 Å². The summed E-state index contributed by atoms with van der Waals surface area (Å²) in [5.74, 6) is -1.07. The Kier molecular flexibility index (Phi) is 8.20. The monoisotopic (exact) mass is 321 g/mol. The minimum Gasteiger partial charge on any atom is -0.445 e. The molecule has 126 valence electrons. The van der Waals surface area contributed by atoms with Gasteiger partial charge in [-0.2, -0.15) is 0 Å². The first-order chi connectivity index (χ1) is 11.0. The van der Waals surface area contributed by atoms with Crippen molar-refractivity contribution in [3.63, 3.8) is 0 Å². The van der Waals surface area contributed by atoms with E-state index in [9.17, 15) is 14.4 Å². The Morgan fingerprint density at radius 3 is 2.52 bits per heavy atom. The number of alkyl carbamates (subject to hydrolysis) is 1. The smallest absolute Gasteiger partial charge is 0.407 e. The lowest BCUT2D eigenvalue weighted by atomic mass is 10.1. The van der Waals surface area contributed by atoms with Gasteiger partial charge in [0, 0.05) is 0 Å². The lowest BCUT2D eigenvalue weighted by Crippen LogP contribution is -2.47. The van der Waals surface area contributed by atoms with Crippen LogP contribution in [0.4, 0.5) is 4.79 Å². The molecule has 0 saturated carbocycles. The molecule has 0 saturated heterocycles. The van der Waals surface area contributed by atoms with Crippen LogP contribution in [0.5, 0.6) is 0 Å². The van der Waals surface area contributed by atoms with Gasteiger partial charge in [-0.15, -0.1) is 0 Å². The number of benzene rings is 1. The molecule has 1 rings (SSSR count). The number of nitrogens with one attached hydrogen (secondary N) is 2. The van der Waals surface area contributed by atoms with Crippen LogP contribution in [0.25, 0.3) is 0 Å². The third-order valence-electron chi connectivity index (χ3n) is 3.13. The van der Waals surface area contributed by atoms with Crippen molar-refractivity contribution in [3.05, 3.63) is 35.9 Å². The first kappa shape index (κ1) is 18.5. The maximum atomic E-state index is 11.7. The zero-order valence-corrected chi connectivity index (χ0v) is 13.2. The standard InChI is InChI=1S/C16H23N3O4/c1-2-3-9-13(15(17)21)19-14(20)10-18-16(22)23-11-12-7-5-4-6-8-12/h4-8,13H,2-3,9-11H2,1H3,(H2,17,21)(H,18,22)(H,19,20)/t13-/m0/s1. The second-order valence-corrected chi connectivity index (χ2v) is 5.08. The summed E-state index contributed by atoms with van der Waals surface area (Å²) in [5.41, 5.74) is 6.08. The van der Waals surface area contributed by atoms with Crippen molar-refractivity contribution in [2.75, 3.05) is 6.54 Å². The SMILES string of the molecule is CCCC[C@H](NC(=O)CNC(=O)OCc1ccccc1)C(N)=O. The summed E-state index contributed by atoms with van der Waals surface area (Å²) in [6.45, 7) is 1.82. The summed E-state index contributed by atoms with van der Waals surface area (Å²) in [4.78, 5) is 34.5. The number of carbonyl (C=O) groups is 3. The van der Waals surface area contributed by atoms with Crippen LogP contribution < -0.4 is 16.4 Å². The fourth-order valence-corrected chi connectivity index (χ4v) is 1.87. The highest BCUT2D eigenvalue weighted by Gasteiger charge is 2.17. The molecule has 7 nitrogen and oxygen atoms in total. The van der Waals surface area contributed by atoms with Crippen LogP contribution in [0.3, 0.4) is 0 Å². The third-order valence-corrected chi connectivity index (χ3v) is 3.13. The van der Waals surface area contributed by atoms with Crippen molar-refractivity contribution in [2.45, 2.75) is 38.8 Å². The number of hydrogen-bond donors (Lipinski definition) is 3. The maximum absolute atomic E-state index is 11.7. The molecule has 0 heterocycles. The van der Waals surface area contributed by atoms with Gasteiger partial charge >= 0.3 is 6.09 Å². The van der Waals surface area contributed by atoms with E-state index in [2.05, 4.69) is 10.6 Å². The number of primary amides is 1. The van der Waals surface area contributed by atoms with E-state index >= 15 is 0 Å². The normalized spacial score (nSPS) is 11.3. The summed E-state index contributed by atoms with van der Waals surface area (Å²) < 4.78 is 4.97. The van der Waals surface area contributed by atoms with Gasteiger partial charge < -0.3 is 21.1 Å². The summed E-state index contributed by atoms with van der Waals surface area (Å²) >= 11 is 0.